The van der Waals surface area contributed by atoms with Crippen LogP contribution in [-0.4, -0.2) is 29.7 Å². The molecule has 2 aliphatic rings. The summed E-state index contributed by atoms with van der Waals surface area (Å²) in [7, 11) is 0. The van der Waals surface area contributed by atoms with E-state index in [0.29, 0.717) is 18.5 Å². The number of carboxylic acids is 1. The number of amides is 2. The summed E-state index contributed by atoms with van der Waals surface area (Å²) in [4.78, 5) is 22.4. The number of nitrogens with one attached hydrogen (secondary N) is 2. The van der Waals surface area contributed by atoms with Crippen LogP contribution in [0, 0.1) is 11.3 Å². The normalized spacial score (nSPS) is 28.7. The highest BCUT2D eigenvalue weighted by molar-refractivity contribution is 5.74. The third-order valence-corrected chi connectivity index (χ3v) is 4.27. The van der Waals surface area contributed by atoms with Gasteiger partial charge in [0.05, 0.1) is 6.42 Å². The molecule has 3 N–H and O–H groups in total. The van der Waals surface area contributed by atoms with E-state index in [9.17, 15) is 9.59 Å². The van der Waals surface area contributed by atoms with Gasteiger partial charge in [0.15, 0.2) is 0 Å². The molecule has 0 spiro atoms. The molecule has 0 saturated heterocycles. The molecule has 2 saturated carbocycles. The van der Waals surface area contributed by atoms with Crippen molar-refractivity contribution in [1.82, 2.24) is 10.6 Å². The first-order valence-electron chi connectivity index (χ1n) is 6.75. The summed E-state index contributed by atoms with van der Waals surface area (Å²) in [6.07, 6.45) is 5.13. The molecule has 0 aliphatic heterocycles. The average Bonchev–Trinajstić information content (AvgIpc) is 2.19. The monoisotopic (exact) mass is 254 g/mol. The molecule has 5 heteroatoms. The Kier molecular flexibility index (Phi) is 3.78. The molecule has 5 nitrogen and oxygen atoms in total. The van der Waals surface area contributed by atoms with Crippen molar-refractivity contribution in [3.63, 3.8) is 0 Å². The van der Waals surface area contributed by atoms with Crippen molar-refractivity contribution < 1.29 is 14.7 Å². The maximum absolute atomic E-state index is 11.7. The van der Waals surface area contributed by atoms with E-state index in [4.69, 9.17) is 5.11 Å². The number of hydrogen-bond donors (Lipinski definition) is 3. The molecule has 0 unspecified atom stereocenters. The standard InChI is InChI=1S/C13H22N2O3/c1-9-5-10(6-9)15-12(18)14-8-13(3-2-4-13)7-11(16)17/h9-10H,2-8H2,1H3,(H,16,17)(H2,14,15,18). The minimum atomic E-state index is -0.773. The van der Waals surface area contributed by atoms with E-state index in [1.54, 1.807) is 0 Å². The van der Waals surface area contributed by atoms with Crippen LogP contribution in [-0.2, 0) is 4.79 Å². The molecular formula is C13H22N2O3. The van der Waals surface area contributed by atoms with Crippen LogP contribution < -0.4 is 10.6 Å². The predicted octanol–water partition coefficient (Wildman–Crippen LogP) is 1.73. The third kappa shape index (κ3) is 3.15. The third-order valence-electron chi connectivity index (χ3n) is 4.27. The Balaban J connectivity index is 1.69. The minimum absolute atomic E-state index is 0.149. The van der Waals surface area contributed by atoms with Crippen LogP contribution in [0.1, 0.15) is 45.4 Å². The Morgan fingerprint density at radius 2 is 2.00 bits per heavy atom. The van der Waals surface area contributed by atoms with Gasteiger partial charge < -0.3 is 15.7 Å². The van der Waals surface area contributed by atoms with Crippen molar-refractivity contribution in [1.29, 1.82) is 0 Å². The van der Waals surface area contributed by atoms with Gasteiger partial charge in [0.25, 0.3) is 0 Å². The molecule has 0 aromatic rings. The summed E-state index contributed by atoms with van der Waals surface area (Å²) >= 11 is 0. The Morgan fingerprint density at radius 3 is 2.44 bits per heavy atom. The van der Waals surface area contributed by atoms with E-state index in [0.717, 1.165) is 32.1 Å². The highest BCUT2D eigenvalue weighted by Crippen LogP contribution is 2.43. The van der Waals surface area contributed by atoms with Crippen molar-refractivity contribution in [2.75, 3.05) is 6.54 Å². The van der Waals surface area contributed by atoms with E-state index in [1.165, 1.54) is 0 Å². The van der Waals surface area contributed by atoms with Crippen LogP contribution in [0.2, 0.25) is 0 Å². The van der Waals surface area contributed by atoms with Crippen molar-refractivity contribution in [2.24, 2.45) is 11.3 Å². The van der Waals surface area contributed by atoms with Crippen LogP contribution in [0.15, 0.2) is 0 Å². The lowest BCUT2D eigenvalue weighted by Crippen LogP contribution is -2.51. The van der Waals surface area contributed by atoms with E-state index < -0.39 is 5.97 Å². The molecule has 0 aromatic heterocycles. The summed E-state index contributed by atoms with van der Waals surface area (Å²) in [5, 5.41) is 14.6. The second-order valence-corrected chi connectivity index (χ2v) is 6.02. The Labute approximate surface area is 107 Å². The zero-order valence-electron chi connectivity index (χ0n) is 10.9. The van der Waals surface area contributed by atoms with Gasteiger partial charge in [0.2, 0.25) is 0 Å². The molecule has 2 fully saturated rings. The Bertz CT molecular complexity index is 333. The van der Waals surface area contributed by atoms with Gasteiger partial charge in [-0.2, -0.15) is 0 Å². The largest absolute Gasteiger partial charge is 0.481 e. The summed E-state index contributed by atoms with van der Waals surface area (Å²) in [5.74, 6) is -0.0648. The van der Waals surface area contributed by atoms with Crippen LogP contribution in [0.25, 0.3) is 0 Å². The lowest BCUT2D eigenvalue weighted by Gasteiger charge is -2.41. The molecule has 2 amide bonds. The van der Waals surface area contributed by atoms with Crippen molar-refractivity contribution >= 4 is 12.0 Å². The van der Waals surface area contributed by atoms with Gasteiger partial charge in [0, 0.05) is 12.6 Å². The molecule has 0 heterocycles. The number of rotatable bonds is 5. The number of carbonyl (C=O) groups excluding carboxylic acids is 1. The molecule has 2 aliphatic carbocycles. The van der Waals surface area contributed by atoms with Gasteiger partial charge in [0.1, 0.15) is 0 Å². The van der Waals surface area contributed by atoms with Crippen LogP contribution in [0.3, 0.4) is 0 Å². The maximum Gasteiger partial charge on any atom is 0.315 e. The van der Waals surface area contributed by atoms with E-state index >= 15 is 0 Å². The van der Waals surface area contributed by atoms with Gasteiger partial charge in [-0.15, -0.1) is 0 Å². The first kappa shape index (κ1) is 13.2. The Morgan fingerprint density at radius 1 is 1.33 bits per heavy atom. The van der Waals surface area contributed by atoms with Crippen LogP contribution in [0.4, 0.5) is 4.79 Å². The fourth-order valence-corrected chi connectivity index (χ4v) is 2.94. The summed E-state index contributed by atoms with van der Waals surface area (Å²) in [5.41, 5.74) is -0.198. The van der Waals surface area contributed by atoms with Crippen molar-refractivity contribution in [2.45, 2.75) is 51.5 Å². The molecule has 102 valence electrons. The summed E-state index contributed by atoms with van der Waals surface area (Å²) in [6.45, 7) is 2.65. The lowest BCUT2D eigenvalue weighted by molar-refractivity contribution is -0.141. The fraction of sp³-hybridized carbons (Fsp3) is 0.846. The van der Waals surface area contributed by atoms with E-state index in [2.05, 4.69) is 17.6 Å². The zero-order valence-corrected chi connectivity index (χ0v) is 10.9. The number of carbonyl (C=O) groups is 2. The Hall–Kier alpha value is -1.26. The summed E-state index contributed by atoms with van der Waals surface area (Å²) in [6, 6.07) is 0.153. The second kappa shape index (κ2) is 5.16. The van der Waals surface area contributed by atoms with E-state index in [1.807, 2.05) is 0 Å². The number of hydrogen-bond acceptors (Lipinski definition) is 2. The second-order valence-electron chi connectivity index (χ2n) is 6.02. The van der Waals surface area contributed by atoms with E-state index in [-0.39, 0.29) is 17.9 Å². The van der Waals surface area contributed by atoms with Gasteiger partial charge in [-0.25, -0.2) is 4.79 Å². The molecular weight excluding hydrogens is 232 g/mol. The molecule has 2 rings (SSSR count). The highest BCUT2D eigenvalue weighted by atomic mass is 16.4. The smallest absolute Gasteiger partial charge is 0.315 e. The SMILES string of the molecule is CC1CC(NC(=O)NCC2(CC(=O)O)CCC2)C1. The highest BCUT2D eigenvalue weighted by Gasteiger charge is 2.39. The number of aliphatic carboxylic acids is 1. The topological polar surface area (TPSA) is 78.4 Å². The minimum Gasteiger partial charge on any atom is -0.481 e. The van der Waals surface area contributed by atoms with Crippen LogP contribution >= 0.6 is 0 Å². The predicted molar refractivity (Wildman–Crippen MR) is 67.3 cm³/mol. The molecule has 0 radical (unpaired) electrons. The average molecular weight is 254 g/mol. The summed E-state index contributed by atoms with van der Waals surface area (Å²) < 4.78 is 0. The molecule has 0 atom stereocenters. The fourth-order valence-electron chi connectivity index (χ4n) is 2.94. The number of carboxylic acid groups (broad SMARTS) is 1. The quantitative estimate of drug-likeness (QED) is 0.699. The lowest BCUT2D eigenvalue weighted by atomic mass is 9.66. The zero-order chi connectivity index (χ0) is 13.2. The van der Waals surface area contributed by atoms with Gasteiger partial charge in [-0.3, -0.25) is 4.79 Å². The van der Waals surface area contributed by atoms with Crippen molar-refractivity contribution in [3.05, 3.63) is 0 Å². The van der Waals surface area contributed by atoms with Crippen LogP contribution in [0.5, 0.6) is 0 Å². The molecule has 18 heavy (non-hydrogen) atoms. The number of urea groups is 1. The molecule has 0 bridgehead atoms. The first-order valence-corrected chi connectivity index (χ1v) is 6.75. The van der Waals surface area contributed by atoms with Gasteiger partial charge >= 0.3 is 12.0 Å². The van der Waals surface area contributed by atoms with Crippen molar-refractivity contribution in [3.8, 4) is 0 Å². The first-order chi connectivity index (χ1) is 8.49. The van der Waals surface area contributed by atoms with Gasteiger partial charge in [-0.1, -0.05) is 13.3 Å². The molecule has 0 aromatic carbocycles. The van der Waals surface area contributed by atoms with Gasteiger partial charge in [-0.05, 0) is 37.0 Å². The maximum atomic E-state index is 11.7.